The molecule has 2 fully saturated rings. The van der Waals surface area contributed by atoms with Crippen LogP contribution in [0, 0.1) is 18.6 Å². The highest BCUT2D eigenvalue weighted by Gasteiger charge is 2.47. The molecule has 1 aliphatic carbocycles. The van der Waals surface area contributed by atoms with Crippen LogP contribution in [0.25, 0.3) is 10.2 Å². The Morgan fingerprint density at radius 3 is 2.89 bits per heavy atom. The van der Waals surface area contributed by atoms with E-state index in [4.69, 9.17) is 21.2 Å². The first-order valence-corrected chi connectivity index (χ1v) is 13.5. The number of nitrogens with zero attached hydrogens (tertiary/aromatic N) is 3. The number of hydrogen-bond acceptors (Lipinski definition) is 8. The van der Waals surface area contributed by atoms with Crippen molar-refractivity contribution in [3.05, 3.63) is 45.6 Å². The van der Waals surface area contributed by atoms with E-state index in [1.54, 1.807) is 6.92 Å². The number of amides is 1. The SMILES string of the molecule is Cc1nc2sc(C(=O)NC3CCc4nc(N5CC(N)C6(CCCCO6)C5)c(F)cc4C3)c(N)c2cc1F. The van der Waals surface area contributed by atoms with Crippen molar-refractivity contribution in [3.8, 4) is 0 Å². The molecule has 0 saturated carbocycles. The van der Waals surface area contributed by atoms with Crippen molar-refractivity contribution in [3.63, 3.8) is 0 Å². The summed E-state index contributed by atoms with van der Waals surface area (Å²) in [6.07, 6.45) is 4.72. The average Bonchev–Trinajstić information content (AvgIpc) is 3.35. The summed E-state index contributed by atoms with van der Waals surface area (Å²) in [7, 11) is 0. The van der Waals surface area contributed by atoms with Crippen LogP contribution in [0.1, 0.15) is 52.3 Å². The van der Waals surface area contributed by atoms with Crippen LogP contribution in [0.15, 0.2) is 12.1 Å². The predicted octanol–water partition coefficient (Wildman–Crippen LogP) is 3.23. The van der Waals surface area contributed by atoms with Crippen molar-refractivity contribution in [2.45, 2.75) is 63.1 Å². The molecule has 6 rings (SSSR count). The quantitative estimate of drug-likeness (QED) is 0.478. The number of fused-ring (bicyclic) bond motifs is 2. The summed E-state index contributed by atoms with van der Waals surface area (Å²) in [5.41, 5.74) is 14.3. The normalized spacial score (nSPS) is 25.6. The van der Waals surface area contributed by atoms with Gasteiger partial charge in [-0.05, 0) is 63.1 Å². The molecule has 3 unspecified atom stereocenters. The van der Waals surface area contributed by atoms with E-state index in [1.165, 1.54) is 12.1 Å². The number of pyridine rings is 2. The fraction of sp³-hybridized carbons (Fsp3) is 0.500. The van der Waals surface area contributed by atoms with Crippen molar-refractivity contribution >= 4 is 39.0 Å². The topological polar surface area (TPSA) is 119 Å². The second kappa shape index (κ2) is 9.14. The van der Waals surface area contributed by atoms with Gasteiger partial charge in [0.25, 0.3) is 5.91 Å². The third-order valence-electron chi connectivity index (χ3n) is 7.95. The summed E-state index contributed by atoms with van der Waals surface area (Å²) < 4.78 is 35.3. The van der Waals surface area contributed by atoms with E-state index in [0.29, 0.717) is 59.9 Å². The van der Waals surface area contributed by atoms with Crippen LogP contribution in [0.2, 0.25) is 0 Å². The number of rotatable bonds is 3. The minimum atomic E-state index is -0.459. The average molecular weight is 529 g/mol. The molecule has 3 aliphatic rings. The van der Waals surface area contributed by atoms with Gasteiger partial charge >= 0.3 is 0 Å². The van der Waals surface area contributed by atoms with Gasteiger partial charge in [0.2, 0.25) is 0 Å². The molecular weight excluding hydrogens is 498 g/mol. The van der Waals surface area contributed by atoms with Gasteiger partial charge in [-0.2, -0.15) is 0 Å². The molecule has 37 heavy (non-hydrogen) atoms. The van der Waals surface area contributed by atoms with E-state index < -0.39 is 11.4 Å². The maximum atomic E-state index is 15.3. The first-order valence-electron chi connectivity index (χ1n) is 12.7. The summed E-state index contributed by atoms with van der Waals surface area (Å²) in [4.78, 5) is 24.7. The van der Waals surface area contributed by atoms with Crippen molar-refractivity contribution < 1.29 is 18.3 Å². The molecule has 3 aromatic rings. The molecular formula is C26H30F2N6O2S. The van der Waals surface area contributed by atoms with Gasteiger partial charge in [-0.15, -0.1) is 11.3 Å². The fourth-order valence-corrected chi connectivity index (χ4v) is 6.88. The number of hydrogen-bond donors (Lipinski definition) is 3. The Morgan fingerprint density at radius 2 is 2.11 bits per heavy atom. The van der Waals surface area contributed by atoms with Gasteiger partial charge in [-0.25, -0.2) is 18.7 Å². The molecule has 2 aliphatic heterocycles. The summed E-state index contributed by atoms with van der Waals surface area (Å²) in [6.45, 7) is 3.32. The van der Waals surface area contributed by atoms with Gasteiger partial charge in [-0.1, -0.05) is 0 Å². The molecule has 2 saturated heterocycles. The minimum Gasteiger partial charge on any atom is -0.397 e. The van der Waals surface area contributed by atoms with Crippen molar-refractivity contribution in [2.24, 2.45) is 5.73 Å². The van der Waals surface area contributed by atoms with Crippen molar-refractivity contribution in [2.75, 3.05) is 30.3 Å². The highest BCUT2D eigenvalue weighted by Crippen LogP contribution is 2.37. The summed E-state index contributed by atoms with van der Waals surface area (Å²) in [5.74, 6) is -0.848. The number of aryl methyl sites for hydroxylation is 2. The molecule has 0 aromatic carbocycles. The summed E-state index contributed by atoms with van der Waals surface area (Å²) in [6, 6.07) is 2.49. The second-order valence-electron chi connectivity index (χ2n) is 10.4. The third kappa shape index (κ3) is 4.22. The molecule has 5 N–H and O–H groups in total. The number of aromatic nitrogens is 2. The van der Waals surface area contributed by atoms with Gasteiger partial charge < -0.3 is 26.4 Å². The van der Waals surface area contributed by atoms with Gasteiger partial charge in [0.15, 0.2) is 11.6 Å². The standard InChI is InChI=1S/C26H30F2N6O2S/c1-13-17(27)10-16-21(30)22(37-25(16)31-13)24(35)32-15-4-5-19-14(8-15)9-18(28)23(33-19)34-11-20(29)26(12-34)6-2-3-7-36-26/h9-10,15,20H,2-8,11-12,29-30H2,1H3,(H,32,35). The van der Waals surface area contributed by atoms with Crippen molar-refractivity contribution in [1.82, 2.24) is 15.3 Å². The minimum absolute atomic E-state index is 0.179. The highest BCUT2D eigenvalue weighted by atomic mass is 32.1. The highest BCUT2D eigenvalue weighted by molar-refractivity contribution is 7.21. The zero-order chi connectivity index (χ0) is 25.9. The lowest BCUT2D eigenvalue weighted by molar-refractivity contribution is -0.0717. The Morgan fingerprint density at radius 1 is 1.27 bits per heavy atom. The van der Waals surface area contributed by atoms with Gasteiger partial charge in [0.05, 0.1) is 24.0 Å². The van der Waals surface area contributed by atoms with Crippen LogP contribution < -0.4 is 21.7 Å². The fourth-order valence-electron chi connectivity index (χ4n) is 5.85. The van der Waals surface area contributed by atoms with Gasteiger partial charge in [0, 0.05) is 30.3 Å². The Kier molecular flexibility index (Phi) is 6.04. The maximum absolute atomic E-state index is 15.3. The Labute approximate surface area is 217 Å². The van der Waals surface area contributed by atoms with Crippen LogP contribution >= 0.6 is 11.3 Å². The van der Waals surface area contributed by atoms with E-state index in [9.17, 15) is 9.18 Å². The molecule has 11 heteroatoms. The van der Waals surface area contributed by atoms with Crippen LogP contribution in [-0.2, 0) is 17.6 Å². The lowest BCUT2D eigenvalue weighted by atomic mass is 9.89. The molecule has 1 amide bonds. The number of carbonyl (C=O) groups excluding carboxylic acids is 1. The van der Waals surface area contributed by atoms with Crippen LogP contribution in [0.5, 0.6) is 0 Å². The molecule has 3 aromatic heterocycles. The number of nitrogens with one attached hydrogen (secondary N) is 1. The molecule has 5 heterocycles. The first kappa shape index (κ1) is 24.4. The van der Waals surface area contributed by atoms with E-state index in [1.807, 2.05) is 4.90 Å². The number of thiophene rings is 1. The van der Waals surface area contributed by atoms with Crippen molar-refractivity contribution in [1.29, 1.82) is 0 Å². The Hall–Kier alpha value is -2.89. The monoisotopic (exact) mass is 528 g/mol. The number of carbonyl (C=O) groups is 1. The molecule has 196 valence electrons. The zero-order valence-electron chi connectivity index (χ0n) is 20.7. The summed E-state index contributed by atoms with van der Waals surface area (Å²) >= 11 is 1.14. The molecule has 8 nitrogen and oxygen atoms in total. The molecule has 0 radical (unpaired) electrons. The lowest BCUT2D eigenvalue weighted by Crippen LogP contribution is -2.51. The maximum Gasteiger partial charge on any atom is 0.263 e. The van der Waals surface area contributed by atoms with Crippen LogP contribution in [0.3, 0.4) is 0 Å². The molecule has 1 spiro atoms. The number of nitrogens with two attached hydrogens (primary N) is 2. The van der Waals surface area contributed by atoms with Gasteiger partial charge in [-0.3, -0.25) is 4.79 Å². The predicted molar refractivity (Wildman–Crippen MR) is 139 cm³/mol. The van der Waals surface area contributed by atoms with Crippen LogP contribution in [0.4, 0.5) is 20.3 Å². The van der Waals surface area contributed by atoms with E-state index in [-0.39, 0.29) is 35.2 Å². The van der Waals surface area contributed by atoms with Crippen LogP contribution in [-0.4, -0.2) is 53.3 Å². The number of nitrogen functional groups attached to an aromatic ring is 1. The van der Waals surface area contributed by atoms with Gasteiger partial charge in [0.1, 0.15) is 21.1 Å². The molecule has 3 atom stereocenters. The molecule has 0 bridgehead atoms. The summed E-state index contributed by atoms with van der Waals surface area (Å²) in [5, 5.41) is 3.46. The van der Waals surface area contributed by atoms with E-state index in [0.717, 1.165) is 41.9 Å². The second-order valence-corrected chi connectivity index (χ2v) is 11.4. The van der Waals surface area contributed by atoms with E-state index >= 15 is 4.39 Å². The lowest BCUT2D eigenvalue weighted by Gasteiger charge is -2.36. The number of ether oxygens (including phenoxy) is 1. The third-order valence-corrected chi connectivity index (χ3v) is 9.06. The number of anilines is 2. The first-order chi connectivity index (χ1) is 17.7. The zero-order valence-corrected chi connectivity index (χ0v) is 21.5. The smallest absolute Gasteiger partial charge is 0.263 e. The van der Waals surface area contributed by atoms with E-state index in [2.05, 4.69) is 10.3 Å². The number of halogens is 2. The largest absolute Gasteiger partial charge is 0.397 e. The Balaban J connectivity index is 1.17. The Bertz CT molecular complexity index is 1390.